The molecule has 0 aliphatic heterocycles. The van der Waals surface area contributed by atoms with Gasteiger partial charge in [-0.15, -0.1) is 0 Å². The first-order chi connectivity index (χ1) is 1.73. The van der Waals surface area contributed by atoms with Crippen LogP contribution in [0.3, 0.4) is 0 Å². The minimum absolute atomic E-state index is 0. The van der Waals surface area contributed by atoms with E-state index in [4.69, 9.17) is 15.0 Å². The van der Waals surface area contributed by atoms with Gasteiger partial charge in [0.25, 0.3) is 0 Å². The van der Waals surface area contributed by atoms with Gasteiger partial charge in [0.1, 0.15) is 0 Å². The van der Waals surface area contributed by atoms with E-state index in [-0.39, 0.29) is 28.7 Å². The van der Waals surface area contributed by atoms with E-state index in [1.807, 2.05) is 0 Å². The quantitative estimate of drug-likeness (QED) is 0.386. The smallest absolute Gasteiger partial charge is 0.652 e. The molecule has 0 aliphatic carbocycles. The van der Waals surface area contributed by atoms with Crippen LogP contribution in [0.2, 0.25) is 0 Å². The van der Waals surface area contributed by atoms with Crippen molar-refractivity contribution in [3.63, 3.8) is 0 Å². The first kappa shape index (κ1) is 8.95. The fourth-order valence-corrected chi connectivity index (χ4v) is 0. The Morgan fingerprint density at radius 3 is 1.60 bits per heavy atom. The van der Waals surface area contributed by atoms with Crippen LogP contribution in [0, 0.1) is 0 Å². The molecule has 0 aliphatic rings. The van der Waals surface area contributed by atoms with Crippen LogP contribution in [0.15, 0.2) is 0 Å². The van der Waals surface area contributed by atoms with Gasteiger partial charge in [-0.1, -0.05) is 0 Å². The second-order valence-corrected chi connectivity index (χ2v) is 0.250. The van der Waals surface area contributed by atoms with Crippen LogP contribution in [0.4, 0.5) is 4.79 Å². The number of carboxylic acid groups (broad SMARTS) is 2. The molecule has 0 radical (unpaired) electrons. The van der Waals surface area contributed by atoms with Crippen LogP contribution in [-0.2, 0) is 27.3 Å². The Morgan fingerprint density at radius 1 is 1.60 bits per heavy atom. The number of hydrogen-bond acceptors (Lipinski definition) is 3. The molecule has 0 rings (SSSR count). The molecule has 24 valence electrons. The van der Waals surface area contributed by atoms with Gasteiger partial charge in [0.2, 0.25) is 0 Å². The van der Waals surface area contributed by atoms with E-state index < -0.39 is 6.16 Å². The molecule has 0 unspecified atom stereocenters. The maximum Gasteiger partial charge on any atom is 2.00 e. The molecule has 0 amide bonds. The summed E-state index contributed by atoms with van der Waals surface area (Å²) in [5.41, 5.74) is 0. The van der Waals surface area contributed by atoms with Crippen LogP contribution in [0.1, 0.15) is 1.43 Å². The van der Waals surface area contributed by atoms with E-state index in [1.54, 1.807) is 0 Å². The number of carbonyl (C=O) groups is 1. The summed E-state index contributed by atoms with van der Waals surface area (Å²) in [5.74, 6) is 0. The third-order valence-corrected chi connectivity index (χ3v) is 0. The molecule has 0 aromatic rings. The van der Waals surface area contributed by atoms with Gasteiger partial charge in [0.05, 0.1) is 0 Å². The summed E-state index contributed by atoms with van der Waals surface area (Å²) in [4.78, 5) is 8.33. The minimum Gasteiger partial charge on any atom is -0.652 e. The maximum atomic E-state index is 8.33. The Hall–Kier alpha value is 0.192. The van der Waals surface area contributed by atoms with Gasteiger partial charge in [-0.05, 0) is 6.16 Å². The average Bonchev–Trinajstić information content (AvgIpc) is 0.811. The Labute approximate surface area is 50.3 Å². The van der Waals surface area contributed by atoms with E-state index in [0.717, 1.165) is 0 Å². The van der Waals surface area contributed by atoms with Crippen molar-refractivity contribution in [2.45, 2.75) is 0 Å². The second kappa shape index (κ2) is 4.19. The molecule has 5 heavy (non-hydrogen) atoms. The first-order valence-corrected chi connectivity index (χ1v) is 0.612. The molecule has 0 saturated carbocycles. The topological polar surface area (TPSA) is 63.2 Å². The largest absolute Gasteiger partial charge is 2.00 e. The van der Waals surface area contributed by atoms with Crippen LogP contribution >= 0.6 is 0 Å². The van der Waals surface area contributed by atoms with Crippen LogP contribution in [0.5, 0.6) is 0 Å². The molecule has 4 heteroatoms. The summed E-state index contributed by atoms with van der Waals surface area (Å²) in [6.07, 6.45) is -2.33. The average molecular weight is 173 g/mol. The molecule has 0 aromatic carbocycles. The zero-order chi connectivity index (χ0) is 3.58. The van der Waals surface area contributed by atoms with Crippen molar-refractivity contribution in [3.05, 3.63) is 0 Å². The summed E-state index contributed by atoms with van der Waals surface area (Å²) in [5, 5.41) is 16.7. The molecule has 0 heterocycles. The van der Waals surface area contributed by atoms with Gasteiger partial charge in [-0.25, -0.2) is 0 Å². The Kier molecular flexibility index (Phi) is 7.51. The van der Waals surface area contributed by atoms with E-state index in [9.17, 15) is 0 Å². The van der Waals surface area contributed by atoms with Gasteiger partial charge in [-0.3, -0.25) is 0 Å². The third-order valence-electron chi connectivity index (χ3n) is 0. The van der Waals surface area contributed by atoms with Crippen molar-refractivity contribution in [2.24, 2.45) is 0 Å². The summed E-state index contributed by atoms with van der Waals surface area (Å²) >= 11 is 0. The van der Waals surface area contributed by atoms with Crippen molar-refractivity contribution in [1.82, 2.24) is 0 Å². The summed E-state index contributed by atoms with van der Waals surface area (Å²) in [6.45, 7) is 0. The van der Waals surface area contributed by atoms with Gasteiger partial charge in [-0.2, -0.15) is 0 Å². The standard InChI is InChI=1S/CH2O3.Cd/c2-1(3)4;/h(H2,2,3,4);/q;+2/p-1. The molecular weight excluding hydrogens is 172 g/mol. The Bertz CT molecular complexity index is 33.8. The van der Waals surface area contributed by atoms with Crippen LogP contribution in [-0.4, -0.2) is 6.16 Å². The molecule has 0 N–H and O–H groups in total. The monoisotopic (exact) mass is 175 g/mol. The van der Waals surface area contributed by atoms with Crippen molar-refractivity contribution in [3.8, 4) is 0 Å². The Morgan fingerprint density at radius 2 is 1.60 bits per heavy atom. The fourth-order valence-electron chi connectivity index (χ4n) is 0. The summed E-state index contributed by atoms with van der Waals surface area (Å²) in [6, 6.07) is 0. The van der Waals surface area contributed by atoms with Crippen molar-refractivity contribution in [1.29, 1.82) is 0 Å². The minimum atomic E-state index is -2.33. The zero-order valence-corrected chi connectivity index (χ0v) is 6.47. The molecule has 3 nitrogen and oxygen atoms in total. The number of rotatable bonds is 0. The van der Waals surface area contributed by atoms with Gasteiger partial charge < -0.3 is 15.0 Å². The number of carbonyl (C=O) groups excluding carboxylic acids is 1. The van der Waals surface area contributed by atoms with E-state index in [2.05, 4.69) is 0 Å². The van der Waals surface area contributed by atoms with Crippen LogP contribution < -0.4 is 10.2 Å². The summed E-state index contributed by atoms with van der Waals surface area (Å²) < 4.78 is 0. The van der Waals surface area contributed by atoms with Crippen molar-refractivity contribution < 1.29 is 43.7 Å². The third kappa shape index (κ3) is 546. The zero-order valence-electron chi connectivity index (χ0n) is 3.43. The molecule has 0 saturated heterocycles. The molecule has 0 fully saturated rings. The van der Waals surface area contributed by atoms with Gasteiger partial charge in [0, 0.05) is 0 Å². The Balaban J connectivity index is -0.0000000450. The molecular formula is CHCdO3+. The fraction of sp³-hybridized carbons (Fsp3) is 0. The van der Waals surface area contributed by atoms with E-state index in [1.165, 1.54) is 0 Å². The first-order valence-electron chi connectivity index (χ1n) is 0.612. The number of hydrogen-bond donors (Lipinski definition) is 0. The SMILES string of the molecule is O=C([O-])[O-].[Cd+2].[H+]. The maximum absolute atomic E-state index is 8.33. The van der Waals surface area contributed by atoms with E-state index in [0.29, 0.717) is 0 Å². The second-order valence-electron chi connectivity index (χ2n) is 0.250. The normalized spacial score (nSPS) is 4.80. The van der Waals surface area contributed by atoms with Gasteiger partial charge >= 0.3 is 28.7 Å². The molecule has 0 atom stereocenters. The predicted octanol–water partition coefficient (Wildman–Crippen LogP) is -2.34. The molecule has 0 bridgehead atoms. The van der Waals surface area contributed by atoms with Crippen molar-refractivity contribution in [2.75, 3.05) is 0 Å². The van der Waals surface area contributed by atoms with Crippen LogP contribution in [0.25, 0.3) is 0 Å². The molecule has 0 spiro atoms. The van der Waals surface area contributed by atoms with Crippen molar-refractivity contribution >= 4 is 6.16 Å². The van der Waals surface area contributed by atoms with Gasteiger partial charge in [0.15, 0.2) is 0 Å². The predicted molar refractivity (Wildman–Crippen MR) is 6.51 cm³/mol. The molecule has 0 aromatic heterocycles. The van der Waals surface area contributed by atoms with E-state index >= 15 is 0 Å². The summed E-state index contributed by atoms with van der Waals surface area (Å²) in [7, 11) is 0.